The SMILES string of the molecule is COC(=O)c1cccc(NC(=O)/C=C/c2ccc(OC)c3c2CC2(CCCC2)O3)c1. The Labute approximate surface area is 175 Å². The fraction of sp³-hybridized carbons (Fsp3) is 0.333. The number of nitrogens with one attached hydrogen (secondary N) is 1. The second-order valence-electron chi connectivity index (χ2n) is 7.73. The number of carbonyl (C=O) groups is 2. The van der Waals surface area contributed by atoms with E-state index in [0.717, 1.165) is 41.9 Å². The standard InChI is InChI=1S/C24H25NO5/c1-28-20-10-8-16(19-15-24(30-22(19)20)12-3-4-13-24)9-11-21(26)25-18-7-5-6-17(14-18)23(27)29-2/h5-11,14H,3-4,12-13,15H2,1-2H3,(H,25,26)/b11-9+. The van der Waals surface area contributed by atoms with Crippen LogP contribution in [-0.4, -0.2) is 31.7 Å². The molecule has 0 atom stereocenters. The van der Waals surface area contributed by atoms with Crippen molar-refractivity contribution in [2.75, 3.05) is 19.5 Å². The molecular weight excluding hydrogens is 382 g/mol. The molecule has 156 valence electrons. The average Bonchev–Trinajstić information content (AvgIpc) is 3.38. The number of fused-ring (bicyclic) bond motifs is 1. The molecule has 4 rings (SSSR count). The quantitative estimate of drug-likeness (QED) is 0.588. The van der Waals surface area contributed by atoms with Crippen molar-refractivity contribution in [2.24, 2.45) is 0 Å². The molecule has 6 heteroatoms. The van der Waals surface area contributed by atoms with Crippen molar-refractivity contribution >= 4 is 23.6 Å². The zero-order valence-electron chi connectivity index (χ0n) is 17.2. The van der Waals surface area contributed by atoms with Crippen molar-refractivity contribution in [1.82, 2.24) is 0 Å². The maximum Gasteiger partial charge on any atom is 0.337 e. The summed E-state index contributed by atoms with van der Waals surface area (Å²) in [6.45, 7) is 0. The Morgan fingerprint density at radius 3 is 2.67 bits per heavy atom. The van der Waals surface area contributed by atoms with Crippen LogP contribution >= 0.6 is 0 Å². The topological polar surface area (TPSA) is 73.9 Å². The first kappa shape index (κ1) is 20.0. The first-order chi connectivity index (χ1) is 14.5. The summed E-state index contributed by atoms with van der Waals surface area (Å²) >= 11 is 0. The Morgan fingerprint density at radius 1 is 1.13 bits per heavy atom. The minimum atomic E-state index is -0.448. The molecule has 2 aromatic carbocycles. The first-order valence-corrected chi connectivity index (χ1v) is 10.1. The highest BCUT2D eigenvalue weighted by molar-refractivity contribution is 6.02. The van der Waals surface area contributed by atoms with Crippen molar-refractivity contribution in [3.63, 3.8) is 0 Å². The molecule has 1 saturated carbocycles. The third kappa shape index (κ3) is 3.90. The van der Waals surface area contributed by atoms with Crippen molar-refractivity contribution in [3.05, 3.63) is 59.2 Å². The number of carbonyl (C=O) groups excluding carboxylic acids is 2. The lowest BCUT2D eigenvalue weighted by Gasteiger charge is -2.22. The Morgan fingerprint density at radius 2 is 1.93 bits per heavy atom. The maximum atomic E-state index is 12.4. The number of ether oxygens (including phenoxy) is 3. The fourth-order valence-corrected chi connectivity index (χ4v) is 4.30. The van der Waals surface area contributed by atoms with E-state index in [1.54, 1.807) is 37.5 Å². The summed E-state index contributed by atoms with van der Waals surface area (Å²) in [6.07, 6.45) is 8.57. The van der Waals surface area contributed by atoms with Crippen LogP contribution in [0.1, 0.15) is 47.2 Å². The van der Waals surface area contributed by atoms with Crippen LogP contribution in [0.5, 0.6) is 11.5 Å². The van der Waals surface area contributed by atoms with Gasteiger partial charge >= 0.3 is 5.97 Å². The fourth-order valence-electron chi connectivity index (χ4n) is 4.30. The van der Waals surface area contributed by atoms with E-state index in [1.165, 1.54) is 26.0 Å². The van der Waals surface area contributed by atoms with Gasteiger partial charge in [-0.05, 0) is 61.6 Å². The van der Waals surface area contributed by atoms with Crippen LogP contribution in [0, 0.1) is 0 Å². The summed E-state index contributed by atoms with van der Waals surface area (Å²) in [5.74, 6) is 0.801. The Kier molecular flexibility index (Phi) is 5.48. The smallest absolute Gasteiger partial charge is 0.337 e. The maximum absolute atomic E-state index is 12.4. The lowest BCUT2D eigenvalue weighted by molar-refractivity contribution is -0.111. The van der Waals surface area contributed by atoms with E-state index in [1.807, 2.05) is 12.1 Å². The molecule has 1 heterocycles. The van der Waals surface area contributed by atoms with Gasteiger partial charge in [-0.25, -0.2) is 4.79 Å². The molecule has 0 bridgehead atoms. The first-order valence-electron chi connectivity index (χ1n) is 10.1. The molecule has 1 aliphatic heterocycles. The van der Waals surface area contributed by atoms with Gasteiger partial charge in [0.05, 0.1) is 19.8 Å². The molecule has 2 aromatic rings. The number of methoxy groups -OCH3 is 2. The predicted octanol–water partition coefficient (Wildman–Crippen LogP) is 4.38. The van der Waals surface area contributed by atoms with Crippen molar-refractivity contribution < 1.29 is 23.8 Å². The van der Waals surface area contributed by atoms with Crippen molar-refractivity contribution in [2.45, 2.75) is 37.7 Å². The van der Waals surface area contributed by atoms with Gasteiger partial charge in [-0.15, -0.1) is 0 Å². The molecule has 1 spiro atoms. The summed E-state index contributed by atoms with van der Waals surface area (Å²) < 4.78 is 16.6. The van der Waals surface area contributed by atoms with E-state index in [9.17, 15) is 9.59 Å². The van der Waals surface area contributed by atoms with E-state index in [0.29, 0.717) is 11.3 Å². The van der Waals surface area contributed by atoms with Gasteiger partial charge in [0, 0.05) is 23.7 Å². The number of hydrogen-bond acceptors (Lipinski definition) is 5. The van der Waals surface area contributed by atoms with E-state index in [4.69, 9.17) is 14.2 Å². The summed E-state index contributed by atoms with van der Waals surface area (Å²) in [6, 6.07) is 10.5. The van der Waals surface area contributed by atoms with Crippen LogP contribution in [0.25, 0.3) is 6.08 Å². The van der Waals surface area contributed by atoms with Crippen LogP contribution in [0.3, 0.4) is 0 Å². The largest absolute Gasteiger partial charge is 0.493 e. The third-order valence-corrected chi connectivity index (χ3v) is 5.78. The number of esters is 1. The highest BCUT2D eigenvalue weighted by atomic mass is 16.5. The molecule has 1 aliphatic carbocycles. The Balaban J connectivity index is 1.52. The van der Waals surface area contributed by atoms with Gasteiger partial charge in [-0.1, -0.05) is 12.1 Å². The van der Waals surface area contributed by atoms with Crippen LogP contribution in [0.2, 0.25) is 0 Å². The number of anilines is 1. The molecule has 0 radical (unpaired) electrons. The van der Waals surface area contributed by atoms with Crippen LogP contribution in [0.15, 0.2) is 42.5 Å². The summed E-state index contributed by atoms with van der Waals surface area (Å²) in [5, 5.41) is 2.78. The monoisotopic (exact) mass is 407 g/mol. The van der Waals surface area contributed by atoms with Crippen LogP contribution < -0.4 is 14.8 Å². The zero-order valence-corrected chi connectivity index (χ0v) is 17.2. The summed E-state index contributed by atoms with van der Waals surface area (Å²) in [5.41, 5.74) is 2.82. The Hall–Kier alpha value is -3.28. The van der Waals surface area contributed by atoms with E-state index < -0.39 is 5.97 Å². The predicted molar refractivity (Wildman–Crippen MR) is 114 cm³/mol. The number of benzene rings is 2. The average molecular weight is 407 g/mol. The molecule has 0 aromatic heterocycles. The highest BCUT2D eigenvalue weighted by Gasteiger charge is 2.43. The van der Waals surface area contributed by atoms with Gasteiger partial charge in [0.15, 0.2) is 11.5 Å². The zero-order chi connectivity index (χ0) is 21.1. The molecule has 1 fully saturated rings. The summed E-state index contributed by atoms with van der Waals surface area (Å²) in [7, 11) is 2.97. The molecule has 1 amide bonds. The van der Waals surface area contributed by atoms with E-state index in [-0.39, 0.29) is 11.5 Å². The second-order valence-corrected chi connectivity index (χ2v) is 7.73. The molecule has 0 unspecified atom stereocenters. The van der Waals surface area contributed by atoms with Gasteiger partial charge in [-0.2, -0.15) is 0 Å². The van der Waals surface area contributed by atoms with Gasteiger partial charge in [0.25, 0.3) is 0 Å². The van der Waals surface area contributed by atoms with Gasteiger partial charge in [0.2, 0.25) is 5.91 Å². The van der Waals surface area contributed by atoms with Gasteiger partial charge in [-0.3, -0.25) is 4.79 Å². The molecule has 6 nitrogen and oxygen atoms in total. The minimum Gasteiger partial charge on any atom is -0.493 e. The number of amides is 1. The minimum absolute atomic E-state index is 0.129. The molecule has 2 aliphatic rings. The van der Waals surface area contributed by atoms with E-state index >= 15 is 0 Å². The second kappa shape index (κ2) is 8.22. The highest BCUT2D eigenvalue weighted by Crippen LogP contribution is 2.49. The molecular formula is C24H25NO5. The van der Waals surface area contributed by atoms with Gasteiger partial charge < -0.3 is 19.5 Å². The van der Waals surface area contributed by atoms with Crippen molar-refractivity contribution in [1.29, 1.82) is 0 Å². The van der Waals surface area contributed by atoms with Crippen LogP contribution in [-0.2, 0) is 16.0 Å². The third-order valence-electron chi connectivity index (χ3n) is 5.78. The van der Waals surface area contributed by atoms with Crippen LogP contribution in [0.4, 0.5) is 5.69 Å². The van der Waals surface area contributed by atoms with Gasteiger partial charge in [0.1, 0.15) is 5.60 Å². The number of hydrogen-bond donors (Lipinski definition) is 1. The van der Waals surface area contributed by atoms with E-state index in [2.05, 4.69) is 5.32 Å². The molecule has 0 saturated heterocycles. The molecule has 1 N–H and O–H groups in total. The normalized spacial score (nSPS) is 16.3. The molecule has 30 heavy (non-hydrogen) atoms. The lowest BCUT2D eigenvalue weighted by Crippen LogP contribution is -2.30. The summed E-state index contributed by atoms with van der Waals surface area (Å²) in [4.78, 5) is 24.1. The Bertz CT molecular complexity index is 1000. The lowest BCUT2D eigenvalue weighted by atomic mass is 9.92. The number of rotatable bonds is 5. The van der Waals surface area contributed by atoms with Crippen molar-refractivity contribution in [3.8, 4) is 11.5 Å².